The van der Waals surface area contributed by atoms with Gasteiger partial charge in [-0.05, 0) is 24.8 Å². The van der Waals surface area contributed by atoms with Crippen LogP contribution in [0.1, 0.15) is 89.0 Å². The first-order valence-corrected chi connectivity index (χ1v) is 10.8. The molecule has 0 N–H and O–H groups in total. The summed E-state index contributed by atoms with van der Waals surface area (Å²) in [5.41, 5.74) is 1.48. The van der Waals surface area contributed by atoms with E-state index in [9.17, 15) is 4.79 Å². The van der Waals surface area contributed by atoms with Gasteiger partial charge in [0, 0.05) is 20.5 Å². The summed E-state index contributed by atoms with van der Waals surface area (Å²) in [7, 11) is 1.83. The van der Waals surface area contributed by atoms with Gasteiger partial charge in [-0.3, -0.25) is 4.79 Å². The van der Waals surface area contributed by atoms with Gasteiger partial charge in [0.15, 0.2) is 0 Å². The Hall–Kier alpha value is -1.31. The van der Waals surface area contributed by atoms with Crippen LogP contribution in [0, 0.1) is 6.92 Å². The predicted molar refractivity (Wildman–Crippen MR) is 113 cm³/mol. The smallest absolute Gasteiger partial charge is 0.222 e. The molecule has 0 fully saturated rings. The summed E-state index contributed by atoms with van der Waals surface area (Å²) < 4.78 is 0. The Balaban J connectivity index is 1.74. The van der Waals surface area contributed by atoms with Crippen molar-refractivity contribution in [3.05, 3.63) is 42.8 Å². The zero-order valence-corrected chi connectivity index (χ0v) is 17.1. The van der Waals surface area contributed by atoms with E-state index >= 15 is 0 Å². The van der Waals surface area contributed by atoms with Crippen LogP contribution in [-0.2, 0) is 11.2 Å². The highest BCUT2D eigenvalue weighted by Gasteiger charge is 2.00. The quantitative estimate of drug-likeness (QED) is 0.305. The number of nitrogens with zero attached hydrogens (tertiary/aromatic N) is 1. The summed E-state index contributed by atoms with van der Waals surface area (Å²) in [5, 5.41) is 0. The fourth-order valence-electron chi connectivity index (χ4n) is 3.39. The first kappa shape index (κ1) is 22.7. The van der Waals surface area contributed by atoms with Crippen molar-refractivity contribution in [3.63, 3.8) is 0 Å². The van der Waals surface area contributed by atoms with Crippen molar-refractivity contribution in [1.82, 2.24) is 4.90 Å². The molecule has 147 valence electrons. The molecule has 0 aliphatic rings. The average Bonchev–Trinajstić information content (AvgIpc) is 2.65. The van der Waals surface area contributed by atoms with Crippen molar-refractivity contribution < 1.29 is 4.79 Å². The molecule has 2 heteroatoms. The van der Waals surface area contributed by atoms with Gasteiger partial charge in [0.2, 0.25) is 5.91 Å². The number of carbonyl (C=O) groups is 1. The number of rotatable bonds is 16. The Labute approximate surface area is 162 Å². The summed E-state index contributed by atoms with van der Waals surface area (Å²) in [4.78, 5) is 12.7. The predicted octanol–water partition coefficient (Wildman–Crippen LogP) is 6.59. The molecule has 0 spiro atoms. The summed E-state index contributed by atoms with van der Waals surface area (Å²) in [6, 6.07) is 10.8. The maximum Gasteiger partial charge on any atom is 0.222 e. The Kier molecular flexibility index (Phi) is 13.9. The minimum Gasteiger partial charge on any atom is -0.346 e. The number of hydrogen-bond acceptors (Lipinski definition) is 1. The van der Waals surface area contributed by atoms with Gasteiger partial charge in [-0.25, -0.2) is 0 Å². The third-order valence-corrected chi connectivity index (χ3v) is 5.23. The minimum atomic E-state index is -0.0683. The highest BCUT2D eigenvalue weighted by atomic mass is 16.2. The van der Waals surface area contributed by atoms with Crippen LogP contribution in [-0.4, -0.2) is 24.4 Å². The minimum absolute atomic E-state index is 0.0683. The lowest BCUT2D eigenvalue weighted by molar-refractivity contribution is -0.125. The van der Waals surface area contributed by atoms with Gasteiger partial charge in [-0.15, -0.1) is 0 Å². The van der Waals surface area contributed by atoms with E-state index in [-0.39, 0.29) is 5.91 Å². The molecule has 1 aromatic carbocycles. The van der Waals surface area contributed by atoms with Crippen molar-refractivity contribution in [2.24, 2.45) is 0 Å². The first-order chi connectivity index (χ1) is 12.7. The molecule has 0 heterocycles. The molecule has 2 nitrogen and oxygen atoms in total. The summed E-state index contributed by atoms with van der Waals surface area (Å²) >= 11 is 0. The Morgan fingerprint density at radius 3 is 1.62 bits per heavy atom. The lowest BCUT2D eigenvalue weighted by Crippen LogP contribution is -2.24. The van der Waals surface area contributed by atoms with Crippen molar-refractivity contribution in [1.29, 1.82) is 0 Å². The summed E-state index contributed by atoms with van der Waals surface area (Å²) in [5.74, 6) is -0.0683. The van der Waals surface area contributed by atoms with Gasteiger partial charge in [0.1, 0.15) is 0 Å². The number of hydrogen-bond donors (Lipinski definition) is 0. The molecule has 0 unspecified atom stereocenters. The van der Waals surface area contributed by atoms with Crippen LogP contribution in [0.4, 0.5) is 0 Å². The van der Waals surface area contributed by atoms with Crippen LogP contribution in [0.25, 0.3) is 0 Å². The molecule has 1 radical (unpaired) electrons. The standard InChI is InChI=1S/C24H40NO/c1-23(26)25(2)22-18-13-11-9-7-5-3-4-6-8-10-12-15-19-24-20-16-14-17-21-24/h14,16-17,20-21H,1,3-13,15,18-19,22H2,2H3. The average molecular weight is 359 g/mol. The molecule has 0 saturated carbocycles. The monoisotopic (exact) mass is 358 g/mol. The molecule has 1 rings (SSSR count). The third kappa shape index (κ3) is 13.0. The molecule has 26 heavy (non-hydrogen) atoms. The van der Waals surface area contributed by atoms with E-state index in [0.717, 1.165) is 13.0 Å². The number of benzene rings is 1. The summed E-state index contributed by atoms with van der Waals surface area (Å²) in [6.07, 6.45) is 18.8. The topological polar surface area (TPSA) is 20.3 Å². The van der Waals surface area contributed by atoms with E-state index in [1.54, 1.807) is 4.90 Å². The fraction of sp³-hybridized carbons (Fsp3) is 0.667. The van der Waals surface area contributed by atoms with E-state index in [2.05, 4.69) is 37.3 Å². The Morgan fingerprint density at radius 1 is 0.731 bits per heavy atom. The number of unbranched alkanes of at least 4 members (excludes halogenated alkanes) is 12. The van der Waals surface area contributed by atoms with Crippen LogP contribution in [0.3, 0.4) is 0 Å². The van der Waals surface area contributed by atoms with Gasteiger partial charge in [-0.1, -0.05) is 101 Å². The van der Waals surface area contributed by atoms with Crippen molar-refractivity contribution >= 4 is 5.91 Å². The van der Waals surface area contributed by atoms with Gasteiger partial charge >= 0.3 is 0 Å². The second kappa shape index (κ2) is 15.9. The molecule has 0 aliphatic carbocycles. The molecule has 0 saturated heterocycles. The molecular formula is C24H40NO. The second-order valence-corrected chi connectivity index (χ2v) is 7.65. The normalized spacial score (nSPS) is 10.8. The van der Waals surface area contributed by atoms with Crippen molar-refractivity contribution in [2.75, 3.05) is 13.6 Å². The van der Waals surface area contributed by atoms with E-state index in [4.69, 9.17) is 0 Å². The Morgan fingerprint density at radius 2 is 1.15 bits per heavy atom. The number of amides is 1. The van der Waals surface area contributed by atoms with Gasteiger partial charge in [-0.2, -0.15) is 0 Å². The van der Waals surface area contributed by atoms with E-state index < -0.39 is 0 Å². The molecular weight excluding hydrogens is 318 g/mol. The van der Waals surface area contributed by atoms with E-state index in [0.29, 0.717) is 0 Å². The second-order valence-electron chi connectivity index (χ2n) is 7.65. The maximum absolute atomic E-state index is 11.0. The van der Waals surface area contributed by atoms with Crippen LogP contribution in [0.5, 0.6) is 0 Å². The Bertz CT molecular complexity index is 443. The van der Waals surface area contributed by atoms with E-state index in [1.165, 1.54) is 89.0 Å². The SMILES string of the molecule is [CH2]C(=O)N(C)CCCCCCCCCCCCCCCc1ccccc1. The first-order valence-electron chi connectivity index (χ1n) is 10.8. The van der Waals surface area contributed by atoms with Crippen molar-refractivity contribution in [2.45, 2.75) is 89.9 Å². The molecule has 0 bridgehead atoms. The van der Waals surface area contributed by atoms with Crippen LogP contribution < -0.4 is 0 Å². The highest BCUT2D eigenvalue weighted by molar-refractivity contribution is 5.79. The largest absolute Gasteiger partial charge is 0.346 e. The van der Waals surface area contributed by atoms with E-state index in [1.807, 2.05) is 7.05 Å². The van der Waals surface area contributed by atoms with Crippen molar-refractivity contribution in [3.8, 4) is 0 Å². The molecule has 1 amide bonds. The number of carbonyl (C=O) groups excluding carboxylic acids is 1. The zero-order chi connectivity index (χ0) is 18.9. The lowest BCUT2D eigenvalue weighted by Gasteiger charge is -2.13. The van der Waals surface area contributed by atoms with Crippen LogP contribution in [0.2, 0.25) is 0 Å². The zero-order valence-electron chi connectivity index (χ0n) is 17.1. The van der Waals surface area contributed by atoms with Crippen LogP contribution >= 0.6 is 0 Å². The van der Waals surface area contributed by atoms with Gasteiger partial charge in [0.05, 0.1) is 0 Å². The molecule has 1 aromatic rings. The number of aryl methyl sites for hydroxylation is 1. The molecule has 0 aliphatic heterocycles. The third-order valence-electron chi connectivity index (χ3n) is 5.23. The highest BCUT2D eigenvalue weighted by Crippen LogP contribution is 2.13. The molecule has 0 atom stereocenters. The summed E-state index contributed by atoms with van der Waals surface area (Å²) in [6.45, 7) is 4.28. The van der Waals surface area contributed by atoms with Gasteiger partial charge in [0.25, 0.3) is 0 Å². The van der Waals surface area contributed by atoms with Crippen LogP contribution in [0.15, 0.2) is 30.3 Å². The lowest BCUT2D eigenvalue weighted by atomic mass is 10.0. The van der Waals surface area contributed by atoms with Gasteiger partial charge < -0.3 is 4.90 Å². The molecule has 0 aromatic heterocycles. The fourth-order valence-corrected chi connectivity index (χ4v) is 3.39. The maximum atomic E-state index is 11.0.